The van der Waals surface area contributed by atoms with Gasteiger partial charge >= 0.3 is 0 Å². The summed E-state index contributed by atoms with van der Waals surface area (Å²) in [6.45, 7) is 3.85. The van der Waals surface area contributed by atoms with E-state index in [4.69, 9.17) is 11.6 Å². The van der Waals surface area contributed by atoms with Gasteiger partial charge in [-0.05, 0) is 31.4 Å². The molecule has 4 heteroatoms. The van der Waals surface area contributed by atoms with Crippen LogP contribution in [0.2, 0.25) is 0 Å². The Morgan fingerprint density at radius 3 is 2.20 bits per heavy atom. The van der Waals surface area contributed by atoms with Crippen molar-refractivity contribution in [2.75, 3.05) is 0 Å². The standard InChI is InChI=1S/C16H14ClF3/c1-9-3-4-10(2)11(5-9)6-13(17)16-14(19)7-12(18)8-15(16)20/h3-5,7-8,13H,6H2,1-2H3. The zero-order valence-electron chi connectivity index (χ0n) is 11.2. The van der Waals surface area contributed by atoms with E-state index in [-0.39, 0.29) is 12.0 Å². The van der Waals surface area contributed by atoms with Gasteiger partial charge in [-0.3, -0.25) is 0 Å². The third kappa shape index (κ3) is 3.15. The van der Waals surface area contributed by atoms with Crippen molar-refractivity contribution in [3.8, 4) is 0 Å². The van der Waals surface area contributed by atoms with Crippen molar-refractivity contribution in [1.82, 2.24) is 0 Å². The third-order valence-corrected chi connectivity index (χ3v) is 3.63. The lowest BCUT2D eigenvalue weighted by molar-refractivity contribution is 0.520. The highest BCUT2D eigenvalue weighted by molar-refractivity contribution is 6.21. The number of hydrogen-bond acceptors (Lipinski definition) is 0. The van der Waals surface area contributed by atoms with Gasteiger partial charge in [-0.15, -0.1) is 11.6 Å². The van der Waals surface area contributed by atoms with E-state index in [2.05, 4.69) is 0 Å². The van der Waals surface area contributed by atoms with E-state index in [1.165, 1.54) is 0 Å². The second kappa shape index (κ2) is 5.88. The minimum absolute atomic E-state index is 0.283. The van der Waals surface area contributed by atoms with Gasteiger partial charge in [0.2, 0.25) is 0 Å². The predicted molar refractivity (Wildman–Crippen MR) is 74.5 cm³/mol. The van der Waals surface area contributed by atoms with Crippen LogP contribution in [0.1, 0.15) is 27.6 Å². The quantitative estimate of drug-likeness (QED) is 0.680. The van der Waals surface area contributed by atoms with Crippen LogP contribution in [0.15, 0.2) is 30.3 Å². The summed E-state index contributed by atoms with van der Waals surface area (Å²) < 4.78 is 40.3. The molecule has 0 saturated carbocycles. The van der Waals surface area contributed by atoms with Crippen molar-refractivity contribution in [2.45, 2.75) is 25.6 Å². The molecule has 0 spiro atoms. The van der Waals surface area contributed by atoms with Crippen LogP contribution >= 0.6 is 11.6 Å². The molecule has 106 valence electrons. The first kappa shape index (κ1) is 14.9. The zero-order chi connectivity index (χ0) is 14.9. The maximum absolute atomic E-state index is 13.7. The Morgan fingerprint density at radius 2 is 1.60 bits per heavy atom. The number of alkyl halides is 1. The summed E-state index contributed by atoms with van der Waals surface area (Å²) in [5.41, 5.74) is 2.70. The van der Waals surface area contributed by atoms with Gasteiger partial charge in [-0.1, -0.05) is 23.8 Å². The van der Waals surface area contributed by atoms with E-state index in [0.29, 0.717) is 12.1 Å². The Labute approximate surface area is 121 Å². The number of rotatable bonds is 3. The summed E-state index contributed by atoms with van der Waals surface area (Å²) in [6.07, 6.45) is 0.286. The zero-order valence-corrected chi connectivity index (χ0v) is 11.9. The molecule has 0 N–H and O–H groups in total. The second-order valence-electron chi connectivity index (χ2n) is 4.88. The summed E-state index contributed by atoms with van der Waals surface area (Å²) in [5.74, 6) is -2.85. The fraction of sp³-hybridized carbons (Fsp3) is 0.250. The third-order valence-electron chi connectivity index (χ3n) is 3.26. The average Bonchev–Trinajstić information content (AvgIpc) is 2.32. The Bertz CT molecular complexity index is 615. The van der Waals surface area contributed by atoms with Crippen LogP contribution in [-0.4, -0.2) is 0 Å². The molecule has 2 aromatic rings. The van der Waals surface area contributed by atoms with E-state index in [1.807, 2.05) is 32.0 Å². The molecule has 0 nitrogen and oxygen atoms in total. The average molecular weight is 299 g/mol. The Hall–Kier alpha value is -1.48. The molecular weight excluding hydrogens is 285 g/mol. The largest absolute Gasteiger partial charge is 0.207 e. The first-order valence-corrected chi connectivity index (χ1v) is 6.66. The maximum atomic E-state index is 13.7. The fourth-order valence-electron chi connectivity index (χ4n) is 2.17. The van der Waals surface area contributed by atoms with Crippen molar-refractivity contribution >= 4 is 11.6 Å². The molecule has 0 heterocycles. The second-order valence-corrected chi connectivity index (χ2v) is 5.41. The van der Waals surface area contributed by atoms with E-state index in [9.17, 15) is 13.2 Å². The lowest BCUT2D eigenvalue weighted by Gasteiger charge is -2.14. The highest BCUT2D eigenvalue weighted by atomic mass is 35.5. The van der Waals surface area contributed by atoms with Gasteiger partial charge in [0.15, 0.2) is 0 Å². The molecule has 0 aliphatic heterocycles. The van der Waals surface area contributed by atoms with Crippen LogP contribution in [0, 0.1) is 31.3 Å². The van der Waals surface area contributed by atoms with Crippen molar-refractivity contribution < 1.29 is 13.2 Å². The number of benzene rings is 2. The van der Waals surface area contributed by atoms with Gasteiger partial charge < -0.3 is 0 Å². The van der Waals surface area contributed by atoms with Crippen LogP contribution < -0.4 is 0 Å². The molecule has 0 fully saturated rings. The van der Waals surface area contributed by atoms with Crippen LogP contribution in [0.4, 0.5) is 13.2 Å². The van der Waals surface area contributed by atoms with E-state index >= 15 is 0 Å². The molecule has 0 aliphatic rings. The fourth-order valence-corrected chi connectivity index (χ4v) is 2.54. The van der Waals surface area contributed by atoms with Crippen LogP contribution in [0.25, 0.3) is 0 Å². The number of halogens is 4. The molecule has 2 aromatic carbocycles. The summed E-state index contributed by atoms with van der Waals surface area (Å²) in [4.78, 5) is 0. The summed E-state index contributed by atoms with van der Waals surface area (Å²) in [6, 6.07) is 7.13. The smallest absolute Gasteiger partial charge is 0.133 e. The van der Waals surface area contributed by atoms with Gasteiger partial charge in [-0.25, -0.2) is 13.2 Å². The Kier molecular flexibility index (Phi) is 4.39. The van der Waals surface area contributed by atoms with Crippen molar-refractivity contribution in [3.05, 3.63) is 70.0 Å². The molecule has 2 rings (SSSR count). The lowest BCUT2D eigenvalue weighted by Crippen LogP contribution is -2.05. The monoisotopic (exact) mass is 298 g/mol. The highest BCUT2D eigenvalue weighted by Crippen LogP contribution is 2.31. The number of hydrogen-bond donors (Lipinski definition) is 0. The predicted octanol–water partition coefficient (Wildman–Crippen LogP) is 5.24. The normalized spacial score (nSPS) is 12.5. The molecule has 0 radical (unpaired) electrons. The SMILES string of the molecule is Cc1ccc(C)c(CC(Cl)c2c(F)cc(F)cc2F)c1. The minimum atomic E-state index is -0.951. The van der Waals surface area contributed by atoms with Crippen molar-refractivity contribution in [2.24, 2.45) is 0 Å². The number of aryl methyl sites for hydroxylation is 2. The lowest BCUT2D eigenvalue weighted by atomic mass is 9.98. The summed E-state index contributed by atoms with van der Waals surface area (Å²) >= 11 is 6.13. The van der Waals surface area contributed by atoms with Crippen LogP contribution in [-0.2, 0) is 6.42 Å². The highest BCUT2D eigenvalue weighted by Gasteiger charge is 2.20. The molecule has 0 aromatic heterocycles. The molecule has 0 bridgehead atoms. The molecule has 1 unspecified atom stereocenters. The summed E-state index contributed by atoms with van der Waals surface area (Å²) in [7, 11) is 0. The Balaban J connectivity index is 2.33. The Morgan fingerprint density at radius 1 is 1.00 bits per heavy atom. The van der Waals surface area contributed by atoms with Gasteiger partial charge in [0.05, 0.1) is 5.38 Å². The molecular formula is C16H14ClF3. The van der Waals surface area contributed by atoms with Crippen molar-refractivity contribution in [1.29, 1.82) is 0 Å². The van der Waals surface area contributed by atoms with E-state index in [1.54, 1.807) is 0 Å². The van der Waals surface area contributed by atoms with Gasteiger partial charge in [0, 0.05) is 17.7 Å². The first-order valence-electron chi connectivity index (χ1n) is 6.23. The molecule has 0 saturated heterocycles. The topological polar surface area (TPSA) is 0 Å². The first-order chi connectivity index (χ1) is 9.38. The van der Waals surface area contributed by atoms with Crippen LogP contribution in [0.5, 0.6) is 0 Å². The molecule has 0 aliphatic carbocycles. The van der Waals surface area contributed by atoms with Crippen LogP contribution in [0.3, 0.4) is 0 Å². The van der Waals surface area contributed by atoms with Gasteiger partial charge in [0.25, 0.3) is 0 Å². The molecule has 1 atom stereocenters. The van der Waals surface area contributed by atoms with Gasteiger partial charge in [-0.2, -0.15) is 0 Å². The molecule has 20 heavy (non-hydrogen) atoms. The maximum Gasteiger partial charge on any atom is 0.133 e. The van der Waals surface area contributed by atoms with Gasteiger partial charge in [0.1, 0.15) is 17.5 Å². The van der Waals surface area contributed by atoms with E-state index < -0.39 is 22.8 Å². The minimum Gasteiger partial charge on any atom is -0.207 e. The van der Waals surface area contributed by atoms with E-state index in [0.717, 1.165) is 16.7 Å². The summed E-state index contributed by atoms with van der Waals surface area (Å²) in [5, 5.41) is -0.879. The molecule has 0 amide bonds. The van der Waals surface area contributed by atoms with Crippen molar-refractivity contribution in [3.63, 3.8) is 0 Å².